The van der Waals surface area contributed by atoms with E-state index in [1.54, 1.807) is 0 Å². The van der Waals surface area contributed by atoms with E-state index < -0.39 is 0 Å². The number of carbonyl (C=O) groups is 2. The molecule has 4 heteroatoms. The lowest BCUT2D eigenvalue weighted by atomic mass is 9.62. The van der Waals surface area contributed by atoms with E-state index in [0.29, 0.717) is 12.3 Å². The van der Waals surface area contributed by atoms with Gasteiger partial charge in [0.15, 0.2) is 0 Å². The van der Waals surface area contributed by atoms with Crippen molar-refractivity contribution in [2.45, 2.75) is 143 Å². The molecule has 0 unspecified atom stereocenters. The SMILES string of the molecule is C=C(C)[C@H]1[C@H](OC(C)=O)C[C@H](C)[C@@]12CC=C(C)[C@@H](OC(=O)CCCCCCC/C=C\C/C=C\CCCCC)C2. The Balaban J connectivity index is 1.68. The Morgan fingerprint density at radius 2 is 1.62 bits per heavy atom. The molecule has 5 atom stereocenters. The number of esters is 2. The van der Waals surface area contributed by atoms with Crippen molar-refractivity contribution in [3.8, 4) is 0 Å². The zero-order chi connectivity index (χ0) is 28.7. The van der Waals surface area contributed by atoms with Gasteiger partial charge in [0.2, 0.25) is 0 Å². The third-order valence-corrected chi connectivity index (χ3v) is 8.89. The van der Waals surface area contributed by atoms with Gasteiger partial charge in [-0.3, -0.25) is 9.59 Å². The lowest BCUT2D eigenvalue weighted by Crippen LogP contribution is -2.42. The number of unbranched alkanes of at least 4 members (excludes halogenated alkanes) is 8. The molecule has 1 fully saturated rings. The van der Waals surface area contributed by atoms with Crippen LogP contribution < -0.4 is 0 Å². The predicted octanol–water partition coefficient (Wildman–Crippen LogP) is 9.60. The summed E-state index contributed by atoms with van der Waals surface area (Å²) in [4.78, 5) is 24.5. The second-order valence-electron chi connectivity index (χ2n) is 12.2. The zero-order valence-corrected chi connectivity index (χ0v) is 25.6. The van der Waals surface area contributed by atoms with E-state index in [1.165, 1.54) is 51.9 Å². The minimum Gasteiger partial charge on any atom is -0.462 e. The van der Waals surface area contributed by atoms with Gasteiger partial charge in [-0.2, -0.15) is 0 Å². The first-order chi connectivity index (χ1) is 18.7. The average Bonchev–Trinajstić information content (AvgIpc) is 3.13. The Hall–Kier alpha value is -2.10. The molecule has 1 saturated carbocycles. The number of hydrogen-bond donors (Lipinski definition) is 0. The summed E-state index contributed by atoms with van der Waals surface area (Å²) >= 11 is 0. The molecular weight excluding hydrogens is 484 g/mol. The van der Waals surface area contributed by atoms with Crippen LogP contribution in [0.4, 0.5) is 0 Å². The third kappa shape index (κ3) is 10.8. The Bertz CT molecular complexity index is 866. The van der Waals surface area contributed by atoms with E-state index >= 15 is 0 Å². The summed E-state index contributed by atoms with van der Waals surface area (Å²) in [7, 11) is 0. The van der Waals surface area contributed by atoms with E-state index in [0.717, 1.165) is 56.1 Å². The molecule has 0 aromatic carbocycles. The van der Waals surface area contributed by atoms with Crippen molar-refractivity contribution in [2.24, 2.45) is 17.3 Å². The van der Waals surface area contributed by atoms with Gasteiger partial charge in [-0.05, 0) is 88.5 Å². The Labute approximate surface area is 239 Å². The van der Waals surface area contributed by atoms with Crippen molar-refractivity contribution in [1.82, 2.24) is 0 Å². The van der Waals surface area contributed by atoms with E-state index in [9.17, 15) is 9.59 Å². The summed E-state index contributed by atoms with van der Waals surface area (Å²) in [5.74, 6) is 0.114. The van der Waals surface area contributed by atoms with Gasteiger partial charge < -0.3 is 9.47 Å². The number of allylic oxidation sites excluding steroid dienone is 5. The zero-order valence-electron chi connectivity index (χ0n) is 25.6. The maximum Gasteiger partial charge on any atom is 0.306 e. The fraction of sp³-hybridized carbons (Fsp3) is 0.714. The van der Waals surface area contributed by atoms with Crippen molar-refractivity contribution in [2.75, 3.05) is 0 Å². The highest BCUT2D eigenvalue weighted by Crippen LogP contribution is 2.58. The molecular formula is C35H56O4. The van der Waals surface area contributed by atoms with E-state index in [-0.39, 0.29) is 35.5 Å². The standard InChI is InChI=1S/C35H56O4/c1-7-8-9-10-11-12-13-14-15-16-17-18-19-20-21-22-33(37)39-32-26-35(24-23-28(32)4)29(5)25-31(38-30(6)36)34(35)27(2)3/h11-12,14-15,23,29,31-32,34H,2,7-10,13,16-22,24-26H2,1,3-6H3/b12-11-,15-14-/t29-,31+,32-,34-,35-/m0/s1. The van der Waals surface area contributed by atoms with Crippen molar-refractivity contribution in [1.29, 1.82) is 0 Å². The van der Waals surface area contributed by atoms with E-state index in [4.69, 9.17) is 9.47 Å². The fourth-order valence-corrected chi connectivity index (χ4v) is 6.69. The number of rotatable bonds is 17. The van der Waals surface area contributed by atoms with Crippen LogP contribution in [-0.2, 0) is 19.1 Å². The first-order valence-electron chi connectivity index (χ1n) is 15.7. The fourth-order valence-electron chi connectivity index (χ4n) is 6.69. The topological polar surface area (TPSA) is 52.6 Å². The van der Waals surface area contributed by atoms with Crippen LogP contribution >= 0.6 is 0 Å². The molecule has 220 valence electrons. The minimum absolute atomic E-state index is 0.0869. The molecule has 2 aliphatic rings. The first kappa shape index (κ1) is 33.1. The van der Waals surface area contributed by atoms with Crippen LogP contribution in [0.5, 0.6) is 0 Å². The summed E-state index contributed by atoms with van der Waals surface area (Å²) in [6.07, 6.45) is 26.9. The molecule has 0 aromatic heterocycles. The number of ether oxygens (including phenoxy) is 2. The summed E-state index contributed by atoms with van der Waals surface area (Å²) < 4.78 is 11.8. The quantitative estimate of drug-likeness (QED) is 0.105. The molecule has 0 N–H and O–H groups in total. The van der Waals surface area contributed by atoms with Crippen LogP contribution in [0.25, 0.3) is 0 Å². The third-order valence-electron chi connectivity index (χ3n) is 8.89. The van der Waals surface area contributed by atoms with Gasteiger partial charge in [-0.25, -0.2) is 0 Å². The van der Waals surface area contributed by atoms with Gasteiger partial charge in [0.1, 0.15) is 12.2 Å². The van der Waals surface area contributed by atoms with E-state index in [2.05, 4.69) is 57.7 Å². The summed E-state index contributed by atoms with van der Waals surface area (Å²) in [5.41, 5.74) is 2.10. The van der Waals surface area contributed by atoms with Gasteiger partial charge in [0.05, 0.1) is 0 Å². The Kier molecular flexibility index (Phi) is 14.9. The second-order valence-corrected chi connectivity index (χ2v) is 12.2. The molecule has 4 nitrogen and oxygen atoms in total. The van der Waals surface area contributed by atoms with Gasteiger partial charge in [0, 0.05) is 19.3 Å². The van der Waals surface area contributed by atoms with Gasteiger partial charge in [-0.1, -0.05) is 88.5 Å². The highest BCUT2D eigenvalue weighted by atomic mass is 16.5. The average molecular weight is 541 g/mol. The van der Waals surface area contributed by atoms with Crippen molar-refractivity contribution < 1.29 is 19.1 Å². The molecule has 0 heterocycles. The van der Waals surface area contributed by atoms with Crippen LogP contribution in [0.15, 0.2) is 48.1 Å². The van der Waals surface area contributed by atoms with Crippen molar-refractivity contribution >= 4 is 11.9 Å². The summed E-state index contributed by atoms with van der Waals surface area (Å²) in [6, 6.07) is 0. The first-order valence-corrected chi connectivity index (χ1v) is 15.7. The lowest BCUT2D eigenvalue weighted by Gasteiger charge is -2.44. The molecule has 0 saturated heterocycles. The molecule has 0 aromatic rings. The van der Waals surface area contributed by atoms with Crippen LogP contribution in [0.3, 0.4) is 0 Å². The van der Waals surface area contributed by atoms with Gasteiger partial charge >= 0.3 is 11.9 Å². The monoisotopic (exact) mass is 540 g/mol. The Morgan fingerprint density at radius 3 is 2.26 bits per heavy atom. The summed E-state index contributed by atoms with van der Waals surface area (Å²) in [5, 5.41) is 0. The largest absolute Gasteiger partial charge is 0.462 e. The lowest BCUT2D eigenvalue weighted by molar-refractivity contribution is -0.150. The molecule has 2 aliphatic carbocycles. The molecule has 2 rings (SSSR count). The summed E-state index contributed by atoms with van der Waals surface area (Å²) in [6.45, 7) is 14.3. The molecule has 0 aliphatic heterocycles. The van der Waals surface area contributed by atoms with Gasteiger partial charge in [0.25, 0.3) is 0 Å². The maximum atomic E-state index is 12.7. The molecule has 0 bridgehead atoms. The molecule has 1 spiro atoms. The minimum atomic E-state index is -0.238. The molecule has 0 radical (unpaired) electrons. The number of carbonyl (C=O) groups excluding carboxylic acids is 2. The second kappa shape index (κ2) is 17.6. The Morgan fingerprint density at radius 1 is 0.974 bits per heavy atom. The van der Waals surface area contributed by atoms with Crippen molar-refractivity contribution in [3.63, 3.8) is 0 Å². The van der Waals surface area contributed by atoms with Crippen LogP contribution in [0.2, 0.25) is 0 Å². The predicted molar refractivity (Wildman–Crippen MR) is 162 cm³/mol. The highest BCUT2D eigenvalue weighted by molar-refractivity contribution is 5.69. The normalized spacial score (nSPS) is 26.8. The number of hydrogen-bond acceptors (Lipinski definition) is 4. The molecule has 39 heavy (non-hydrogen) atoms. The molecule has 0 amide bonds. The van der Waals surface area contributed by atoms with Crippen LogP contribution in [0, 0.1) is 17.3 Å². The van der Waals surface area contributed by atoms with Crippen LogP contribution in [-0.4, -0.2) is 24.1 Å². The highest BCUT2D eigenvalue weighted by Gasteiger charge is 2.56. The van der Waals surface area contributed by atoms with Crippen LogP contribution in [0.1, 0.15) is 131 Å². The van der Waals surface area contributed by atoms with Gasteiger partial charge in [-0.15, -0.1) is 0 Å². The smallest absolute Gasteiger partial charge is 0.306 e. The maximum absolute atomic E-state index is 12.7. The van der Waals surface area contributed by atoms with E-state index in [1.807, 2.05) is 6.92 Å². The van der Waals surface area contributed by atoms with Crippen molar-refractivity contribution in [3.05, 3.63) is 48.1 Å².